The van der Waals surface area contributed by atoms with Gasteiger partial charge in [-0.2, -0.15) is 0 Å². The second-order valence-corrected chi connectivity index (χ2v) is 8.51. The Morgan fingerprint density at radius 2 is 2.17 bits per heavy atom. The minimum atomic E-state index is -2.97. The fraction of sp³-hybridized carbons (Fsp3) is 0.714. The van der Waals surface area contributed by atoms with E-state index >= 15 is 0 Å². The molecule has 0 atom stereocenters. The lowest BCUT2D eigenvalue weighted by Crippen LogP contribution is -2.38. The van der Waals surface area contributed by atoms with Gasteiger partial charge >= 0.3 is 0 Å². The van der Waals surface area contributed by atoms with Crippen LogP contribution in [0.15, 0.2) is 10.4 Å². The Kier molecular flexibility index (Phi) is 11.8. The lowest BCUT2D eigenvalue weighted by molar-refractivity contribution is 0.157. The molecule has 0 amide bonds. The number of aromatic nitrogens is 1. The molecule has 0 aromatic carbocycles. The fourth-order valence-electron chi connectivity index (χ4n) is 1.80. The zero-order valence-electron chi connectivity index (χ0n) is 14.6. The summed E-state index contributed by atoms with van der Waals surface area (Å²) in [4.78, 5) is 10.9. The third-order valence-electron chi connectivity index (χ3n) is 2.86. The van der Waals surface area contributed by atoms with Crippen molar-refractivity contribution in [2.45, 2.75) is 20.4 Å². The maximum absolute atomic E-state index is 11.0. The smallest absolute Gasteiger partial charge is 0.194 e. The van der Waals surface area contributed by atoms with Crippen LogP contribution in [0.4, 0.5) is 0 Å². The van der Waals surface area contributed by atoms with Gasteiger partial charge in [0.15, 0.2) is 5.96 Å². The first kappa shape index (κ1) is 23.5. The molecule has 7 nitrogen and oxygen atoms in total. The summed E-state index contributed by atoms with van der Waals surface area (Å²) in [5.41, 5.74) is 1.02. The highest BCUT2D eigenvalue weighted by molar-refractivity contribution is 14.0. The zero-order valence-corrected chi connectivity index (χ0v) is 18.6. The molecule has 140 valence electrons. The number of sulfone groups is 1. The van der Waals surface area contributed by atoms with Crippen molar-refractivity contribution in [1.29, 1.82) is 0 Å². The average Bonchev–Trinajstić information content (AvgIpc) is 2.85. The number of rotatable bonds is 9. The SMILES string of the molecule is CCNC(=NCCOCCS(C)(=O)=O)N(C)Cc1csc(C)n1.I. The molecule has 0 spiro atoms. The van der Waals surface area contributed by atoms with Gasteiger partial charge in [0.25, 0.3) is 0 Å². The van der Waals surface area contributed by atoms with Gasteiger partial charge in [-0.25, -0.2) is 13.4 Å². The topological polar surface area (TPSA) is 83.9 Å². The number of ether oxygens (including phenoxy) is 1. The van der Waals surface area contributed by atoms with E-state index in [9.17, 15) is 8.42 Å². The van der Waals surface area contributed by atoms with E-state index in [0.717, 1.165) is 23.2 Å². The molecule has 0 aliphatic carbocycles. The molecule has 0 aliphatic rings. The van der Waals surface area contributed by atoms with Crippen LogP contribution >= 0.6 is 35.3 Å². The number of thiazole rings is 1. The molecule has 0 fully saturated rings. The molecule has 1 rings (SSSR count). The Labute approximate surface area is 165 Å². The van der Waals surface area contributed by atoms with Gasteiger partial charge in [-0.1, -0.05) is 0 Å². The van der Waals surface area contributed by atoms with Crippen molar-refractivity contribution < 1.29 is 13.2 Å². The van der Waals surface area contributed by atoms with Gasteiger partial charge < -0.3 is 15.0 Å². The van der Waals surface area contributed by atoms with Crippen LogP contribution in [0.25, 0.3) is 0 Å². The Balaban J connectivity index is 0.00000529. The normalized spacial score (nSPS) is 11.9. The summed E-state index contributed by atoms with van der Waals surface area (Å²) in [7, 11) is -1.01. The minimum absolute atomic E-state index is 0. The summed E-state index contributed by atoms with van der Waals surface area (Å²) in [5, 5.41) is 6.32. The van der Waals surface area contributed by atoms with Gasteiger partial charge in [-0.3, -0.25) is 4.99 Å². The first-order valence-corrected chi connectivity index (χ1v) is 10.4. The molecule has 0 saturated heterocycles. The Morgan fingerprint density at radius 1 is 1.46 bits per heavy atom. The van der Waals surface area contributed by atoms with Gasteiger partial charge in [0.2, 0.25) is 0 Å². The van der Waals surface area contributed by atoms with E-state index in [1.807, 2.05) is 31.2 Å². The predicted molar refractivity (Wildman–Crippen MR) is 110 cm³/mol. The third kappa shape index (κ3) is 10.4. The molecule has 1 heterocycles. The third-order valence-corrected chi connectivity index (χ3v) is 4.59. The Morgan fingerprint density at radius 3 is 2.71 bits per heavy atom. The predicted octanol–water partition coefficient (Wildman–Crippen LogP) is 1.53. The van der Waals surface area contributed by atoms with E-state index in [2.05, 4.69) is 15.3 Å². The van der Waals surface area contributed by atoms with Gasteiger partial charge in [-0.15, -0.1) is 35.3 Å². The number of hydrogen-bond donors (Lipinski definition) is 1. The molecule has 24 heavy (non-hydrogen) atoms. The summed E-state index contributed by atoms with van der Waals surface area (Å²) in [6.07, 6.45) is 1.20. The maximum Gasteiger partial charge on any atom is 0.194 e. The van der Waals surface area contributed by atoms with Crippen LogP contribution in [0.5, 0.6) is 0 Å². The van der Waals surface area contributed by atoms with Crippen molar-refractivity contribution in [3.05, 3.63) is 16.1 Å². The van der Waals surface area contributed by atoms with Crippen LogP contribution in [0.1, 0.15) is 17.6 Å². The first-order chi connectivity index (χ1) is 10.8. The summed E-state index contributed by atoms with van der Waals surface area (Å²) in [6.45, 7) is 6.54. The van der Waals surface area contributed by atoms with E-state index in [1.165, 1.54) is 6.26 Å². The molecular formula is C14H27IN4O3S2. The van der Waals surface area contributed by atoms with E-state index in [0.29, 0.717) is 19.7 Å². The second kappa shape index (κ2) is 12.0. The van der Waals surface area contributed by atoms with Crippen LogP contribution in [-0.2, 0) is 21.1 Å². The number of aliphatic imine (C=N–C) groups is 1. The van der Waals surface area contributed by atoms with Crippen molar-refractivity contribution in [2.75, 3.05) is 45.4 Å². The van der Waals surface area contributed by atoms with Crippen molar-refractivity contribution in [3.63, 3.8) is 0 Å². The van der Waals surface area contributed by atoms with Gasteiger partial charge in [0.05, 0.1) is 42.8 Å². The van der Waals surface area contributed by atoms with Crippen LogP contribution in [0, 0.1) is 6.92 Å². The number of hydrogen-bond acceptors (Lipinski definition) is 6. The van der Waals surface area contributed by atoms with Gasteiger partial charge in [0.1, 0.15) is 9.84 Å². The number of nitrogens with zero attached hydrogens (tertiary/aromatic N) is 3. The summed E-state index contributed by atoms with van der Waals surface area (Å²) in [5.74, 6) is 0.824. The van der Waals surface area contributed by atoms with Crippen LogP contribution in [0.2, 0.25) is 0 Å². The monoisotopic (exact) mass is 490 g/mol. The maximum atomic E-state index is 11.0. The molecule has 1 N–H and O–H groups in total. The van der Waals surface area contributed by atoms with Gasteiger partial charge in [0, 0.05) is 25.2 Å². The number of nitrogens with one attached hydrogen (secondary N) is 1. The quantitative estimate of drug-likeness (QED) is 0.245. The van der Waals surface area contributed by atoms with Crippen LogP contribution in [0.3, 0.4) is 0 Å². The van der Waals surface area contributed by atoms with Gasteiger partial charge in [-0.05, 0) is 13.8 Å². The van der Waals surface area contributed by atoms with Crippen molar-refractivity contribution in [1.82, 2.24) is 15.2 Å². The van der Waals surface area contributed by atoms with E-state index in [4.69, 9.17) is 4.74 Å². The minimum Gasteiger partial charge on any atom is -0.378 e. The van der Waals surface area contributed by atoms with Crippen molar-refractivity contribution in [2.24, 2.45) is 4.99 Å². The highest BCUT2D eigenvalue weighted by atomic mass is 127. The molecular weight excluding hydrogens is 463 g/mol. The highest BCUT2D eigenvalue weighted by Gasteiger charge is 2.08. The van der Waals surface area contributed by atoms with Crippen molar-refractivity contribution >= 4 is 51.1 Å². The largest absolute Gasteiger partial charge is 0.378 e. The molecule has 10 heteroatoms. The number of aryl methyl sites for hydroxylation is 1. The summed E-state index contributed by atoms with van der Waals surface area (Å²) >= 11 is 1.63. The van der Waals surface area contributed by atoms with Crippen molar-refractivity contribution in [3.8, 4) is 0 Å². The summed E-state index contributed by atoms with van der Waals surface area (Å²) < 4.78 is 27.3. The standard InChI is InChI=1S/C14H26N4O3S2.HI/c1-5-15-14(16-6-7-21-8-9-23(4,19)20)18(3)10-13-11-22-12(2)17-13;/h11H,5-10H2,1-4H3,(H,15,16);1H. The highest BCUT2D eigenvalue weighted by Crippen LogP contribution is 2.09. The summed E-state index contributed by atoms with van der Waals surface area (Å²) in [6, 6.07) is 0. The lowest BCUT2D eigenvalue weighted by Gasteiger charge is -2.21. The Hall–Kier alpha value is -0.460. The Bertz CT molecular complexity index is 605. The second-order valence-electron chi connectivity index (χ2n) is 5.19. The van der Waals surface area contributed by atoms with E-state index in [-0.39, 0.29) is 36.3 Å². The molecule has 0 unspecified atom stereocenters. The molecule has 0 radical (unpaired) electrons. The molecule has 0 bridgehead atoms. The first-order valence-electron chi connectivity index (χ1n) is 7.47. The van der Waals surface area contributed by atoms with E-state index < -0.39 is 9.84 Å². The van der Waals surface area contributed by atoms with Crippen LogP contribution in [-0.4, -0.2) is 69.6 Å². The zero-order chi connectivity index (χ0) is 17.3. The molecule has 0 aliphatic heterocycles. The number of guanidine groups is 1. The van der Waals surface area contributed by atoms with Crippen LogP contribution < -0.4 is 5.32 Å². The number of halogens is 1. The fourth-order valence-corrected chi connectivity index (χ4v) is 2.82. The lowest BCUT2D eigenvalue weighted by atomic mass is 10.4. The average molecular weight is 490 g/mol. The van der Waals surface area contributed by atoms with E-state index in [1.54, 1.807) is 11.3 Å². The molecule has 1 aromatic heterocycles. The molecule has 1 aromatic rings. The molecule has 0 saturated carbocycles.